The Hall–Kier alpha value is -0.300. The molecule has 0 saturated heterocycles. The molecular formula is C9H11IN2OS. The van der Waals surface area contributed by atoms with Crippen LogP contribution in [0.1, 0.15) is 6.92 Å². The molecule has 76 valence electrons. The van der Waals surface area contributed by atoms with Gasteiger partial charge in [0, 0.05) is 9.77 Å². The number of anilines is 1. The summed E-state index contributed by atoms with van der Waals surface area (Å²) in [6.45, 7) is 1.87. The van der Waals surface area contributed by atoms with Crippen LogP contribution < -0.4 is 5.32 Å². The van der Waals surface area contributed by atoms with E-state index in [0.29, 0.717) is 5.82 Å². The Kier molecular flexibility index (Phi) is 4.67. The van der Waals surface area contributed by atoms with Crippen LogP contribution in [0.25, 0.3) is 0 Å². The van der Waals surface area contributed by atoms with Crippen molar-refractivity contribution in [2.75, 3.05) is 11.6 Å². The SMILES string of the molecule is CSC(C)C(=O)Nc1ccc(I)cn1. The molecule has 0 aliphatic rings. The third kappa shape index (κ3) is 3.45. The minimum atomic E-state index is -0.0453. The molecule has 1 heterocycles. The van der Waals surface area contributed by atoms with Gasteiger partial charge in [-0.05, 0) is 47.9 Å². The van der Waals surface area contributed by atoms with Gasteiger partial charge in [-0.15, -0.1) is 0 Å². The van der Waals surface area contributed by atoms with Gasteiger partial charge >= 0.3 is 0 Å². The lowest BCUT2D eigenvalue weighted by Gasteiger charge is -2.08. The smallest absolute Gasteiger partial charge is 0.238 e. The molecule has 0 bridgehead atoms. The summed E-state index contributed by atoms with van der Waals surface area (Å²) in [5, 5.41) is 2.70. The second-order valence-corrected chi connectivity index (χ2v) is 5.15. The number of halogens is 1. The fraction of sp³-hybridized carbons (Fsp3) is 0.333. The highest BCUT2D eigenvalue weighted by atomic mass is 127. The van der Waals surface area contributed by atoms with Crippen molar-refractivity contribution in [2.24, 2.45) is 0 Å². The van der Waals surface area contributed by atoms with E-state index in [4.69, 9.17) is 0 Å². The van der Waals surface area contributed by atoms with Gasteiger partial charge in [-0.2, -0.15) is 11.8 Å². The maximum absolute atomic E-state index is 11.5. The van der Waals surface area contributed by atoms with Crippen molar-refractivity contribution in [2.45, 2.75) is 12.2 Å². The van der Waals surface area contributed by atoms with Crippen molar-refractivity contribution in [3.8, 4) is 0 Å². The van der Waals surface area contributed by atoms with Crippen LogP contribution in [-0.2, 0) is 4.79 Å². The van der Waals surface area contributed by atoms with Gasteiger partial charge in [0.25, 0.3) is 0 Å². The maximum atomic E-state index is 11.5. The number of pyridine rings is 1. The fourth-order valence-electron chi connectivity index (χ4n) is 0.785. The number of nitrogens with one attached hydrogen (secondary N) is 1. The summed E-state index contributed by atoms with van der Waals surface area (Å²) in [4.78, 5) is 15.5. The predicted octanol–water partition coefficient (Wildman–Crippen LogP) is 2.38. The number of carbonyl (C=O) groups excluding carboxylic acids is 1. The summed E-state index contributed by atoms with van der Waals surface area (Å²) in [5.74, 6) is 0.600. The minimum absolute atomic E-state index is 0.00814. The molecule has 1 N–H and O–H groups in total. The Balaban J connectivity index is 2.60. The number of nitrogens with zero attached hydrogens (tertiary/aromatic N) is 1. The number of carbonyl (C=O) groups is 1. The van der Waals surface area contributed by atoms with Crippen LogP contribution in [0.4, 0.5) is 5.82 Å². The molecule has 0 aliphatic heterocycles. The van der Waals surface area contributed by atoms with E-state index in [9.17, 15) is 4.79 Å². The summed E-state index contributed by atoms with van der Waals surface area (Å²) in [6.07, 6.45) is 3.63. The van der Waals surface area contributed by atoms with Gasteiger partial charge < -0.3 is 5.32 Å². The lowest BCUT2D eigenvalue weighted by molar-refractivity contribution is -0.115. The minimum Gasteiger partial charge on any atom is -0.310 e. The van der Waals surface area contributed by atoms with Crippen molar-refractivity contribution < 1.29 is 4.79 Å². The molecule has 0 aromatic carbocycles. The Morgan fingerprint density at radius 3 is 2.86 bits per heavy atom. The zero-order valence-corrected chi connectivity index (χ0v) is 10.9. The summed E-state index contributed by atoms with van der Waals surface area (Å²) in [6, 6.07) is 3.71. The molecule has 0 fully saturated rings. The van der Waals surface area contributed by atoms with E-state index in [0.717, 1.165) is 3.57 Å². The average molecular weight is 322 g/mol. The molecule has 0 saturated carbocycles. The molecule has 3 nitrogen and oxygen atoms in total. The van der Waals surface area contributed by atoms with Crippen molar-refractivity contribution >= 4 is 46.1 Å². The quantitative estimate of drug-likeness (QED) is 0.869. The van der Waals surface area contributed by atoms with Crippen molar-refractivity contribution in [1.29, 1.82) is 0 Å². The topological polar surface area (TPSA) is 42.0 Å². The van der Waals surface area contributed by atoms with Gasteiger partial charge in [-0.3, -0.25) is 4.79 Å². The van der Waals surface area contributed by atoms with Crippen LogP contribution in [0.5, 0.6) is 0 Å². The molecule has 14 heavy (non-hydrogen) atoms. The van der Waals surface area contributed by atoms with Crippen molar-refractivity contribution in [1.82, 2.24) is 4.98 Å². The second kappa shape index (κ2) is 5.55. The van der Waals surface area contributed by atoms with Crippen LogP contribution in [0, 0.1) is 3.57 Å². The van der Waals surface area contributed by atoms with Gasteiger partial charge in [-0.1, -0.05) is 0 Å². The molecule has 1 rings (SSSR count). The van der Waals surface area contributed by atoms with Crippen LogP contribution >= 0.6 is 34.4 Å². The first kappa shape index (κ1) is 11.8. The molecule has 0 radical (unpaired) electrons. The number of aromatic nitrogens is 1. The number of amides is 1. The Bertz CT molecular complexity index is 315. The Labute approximate surface area is 101 Å². The van der Waals surface area contributed by atoms with Crippen LogP contribution in [0.2, 0.25) is 0 Å². The zero-order chi connectivity index (χ0) is 10.6. The zero-order valence-electron chi connectivity index (χ0n) is 7.95. The molecule has 5 heteroatoms. The third-order valence-electron chi connectivity index (χ3n) is 1.70. The van der Waals surface area contributed by atoms with E-state index in [1.165, 1.54) is 11.8 Å². The maximum Gasteiger partial charge on any atom is 0.238 e. The van der Waals surface area contributed by atoms with Gasteiger partial charge in [0.2, 0.25) is 5.91 Å². The van der Waals surface area contributed by atoms with Crippen LogP contribution in [0.3, 0.4) is 0 Å². The van der Waals surface area contributed by atoms with E-state index in [1.54, 1.807) is 12.3 Å². The molecule has 0 aliphatic carbocycles. The largest absolute Gasteiger partial charge is 0.310 e. The molecule has 0 spiro atoms. The number of thioether (sulfide) groups is 1. The molecule has 1 unspecified atom stereocenters. The van der Waals surface area contributed by atoms with Crippen LogP contribution in [0.15, 0.2) is 18.3 Å². The lowest BCUT2D eigenvalue weighted by atomic mass is 10.4. The lowest BCUT2D eigenvalue weighted by Crippen LogP contribution is -2.22. The summed E-state index contributed by atoms with van der Waals surface area (Å²) in [7, 11) is 0. The Morgan fingerprint density at radius 1 is 1.64 bits per heavy atom. The summed E-state index contributed by atoms with van der Waals surface area (Å²) >= 11 is 3.69. The second-order valence-electron chi connectivity index (χ2n) is 2.73. The van der Waals surface area contributed by atoms with Gasteiger partial charge in [0.15, 0.2) is 0 Å². The average Bonchev–Trinajstić information content (AvgIpc) is 2.20. The van der Waals surface area contributed by atoms with Gasteiger partial charge in [-0.25, -0.2) is 4.98 Å². The summed E-state index contributed by atoms with van der Waals surface area (Å²) < 4.78 is 1.05. The number of hydrogen-bond acceptors (Lipinski definition) is 3. The first-order valence-corrected chi connectivity index (χ1v) is 6.45. The highest BCUT2D eigenvalue weighted by Gasteiger charge is 2.11. The predicted molar refractivity (Wildman–Crippen MR) is 68.6 cm³/mol. The summed E-state index contributed by atoms with van der Waals surface area (Å²) in [5.41, 5.74) is 0. The van der Waals surface area contributed by atoms with E-state index in [1.807, 2.05) is 19.2 Å². The monoisotopic (exact) mass is 322 g/mol. The Morgan fingerprint density at radius 2 is 2.36 bits per heavy atom. The van der Waals surface area contributed by atoms with Crippen molar-refractivity contribution in [3.05, 3.63) is 21.9 Å². The van der Waals surface area contributed by atoms with E-state index >= 15 is 0 Å². The van der Waals surface area contributed by atoms with Crippen molar-refractivity contribution in [3.63, 3.8) is 0 Å². The third-order valence-corrected chi connectivity index (χ3v) is 3.26. The van der Waals surface area contributed by atoms with E-state index in [2.05, 4.69) is 32.9 Å². The van der Waals surface area contributed by atoms with E-state index < -0.39 is 0 Å². The molecule has 1 aromatic rings. The van der Waals surface area contributed by atoms with E-state index in [-0.39, 0.29) is 11.2 Å². The van der Waals surface area contributed by atoms with Gasteiger partial charge in [0.05, 0.1) is 5.25 Å². The first-order chi connectivity index (χ1) is 6.63. The first-order valence-electron chi connectivity index (χ1n) is 4.08. The number of rotatable bonds is 3. The molecule has 1 aromatic heterocycles. The van der Waals surface area contributed by atoms with Crippen LogP contribution in [-0.4, -0.2) is 22.4 Å². The fourth-order valence-corrected chi connectivity index (χ4v) is 1.38. The number of hydrogen-bond donors (Lipinski definition) is 1. The highest BCUT2D eigenvalue weighted by Crippen LogP contribution is 2.10. The highest BCUT2D eigenvalue weighted by molar-refractivity contribution is 14.1. The standard InChI is InChI=1S/C9H11IN2OS/c1-6(14-2)9(13)12-8-4-3-7(10)5-11-8/h3-6H,1-2H3,(H,11,12,13). The molecule has 1 amide bonds. The normalized spacial score (nSPS) is 12.2. The van der Waals surface area contributed by atoms with Gasteiger partial charge in [0.1, 0.15) is 5.82 Å². The molecule has 1 atom stereocenters. The molecular weight excluding hydrogens is 311 g/mol.